The third kappa shape index (κ3) is 4.17. The number of alkyl halides is 3. The van der Waals surface area contributed by atoms with Gasteiger partial charge in [0.05, 0.1) is 19.4 Å². The first-order chi connectivity index (χ1) is 16.3. The van der Waals surface area contributed by atoms with Gasteiger partial charge in [-0.15, -0.1) is 0 Å². The van der Waals surface area contributed by atoms with Gasteiger partial charge in [-0.05, 0) is 36.4 Å². The SMILES string of the molecule is COc1ccc(N2CCN(C(=O)c3cc4n(n3)[C@H](C(F)(F)F)C[C@@H](c3ccco3)N4)CC2)cc1. The molecule has 0 saturated carbocycles. The fourth-order valence-electron chi connectivity index (χ4n) is 4.48. The molecule has 0 bridgehead atoms. The number of methoxy groups -OCH3 is 1. The van der Waals surface area contributed by atoms with Crippen LogP contribution < -0.4 is 15.0 Å². The summed E-state index contributed by atoms with van der Waals surface area (Å²) in [5.41, 5.74) is 1.02. The number of rotatable bonds is 4. The summed E-state index contributed by atoms with van der Waals surface area (Å²) in [6.07, 6.45) is -3.37. The Bertz CT molecular complexity index is 1140. The van der Waals surface area contributed by atoms with Crippen LogP contribution in [-0.4, -0.2) is 60.1 Å². The second kappa shape index (κ2) is 8.62. The van der Waals surface area contributed by atoms with E-state index in [2.05, 4.69) is 15.3 Å². The smallest absolute Gasteiger partial charge is 0.410 e. The molecule has 2 atom stereocenters. The Morgan fingerprint density at radius 1 is 1.15 bits per heavy atom. The van der Waals surface area contributed by atoms with E-state index >= 15 is 0 Å². The van der Waals surface area contributed by atoms with Crippen molar-refractivity contribution < 1.29 is 27.1 Å². The molecule has 2 aliphatic heterocycles. The Hall–Kier alpha value is -3.63. The van der Waals surface area contributed by atoms with E-state index in [0.29, 0.717) is 31.9 Å². The molecule has 1 N–H and O–H groups in total. The van der Waals surface area contributed by atoms with Crippen LogP contribution >= 0.6 is 0 Å². The van der Waals surface area contributed by atoms with Crippen molar-refractivity contribution in [3.8, 4) is 5.75 Å². The number of carbonyl (C=O) groups excluding carboxylic acids is 1. The van der Waals surface area contributed by atoms with E-state index < -0.39 is 18.3 Å². The molecule has 0 spiro atoms. The molecule has 1 fully saturated rings. The Kier molecular flexibility index (Phi) is 5.62. The minimum Gasteiger partial charge on any atom is -0.497 e. The molecule has 180 valence electrons. The van der Waals surface area contributed by atoms with Crippen molar-refractivity contribution in [1.82, 2.24) is 14.7 Å². The van der Waals surface area contributed by atoms with Crippen LogP contribution in [-0.2, 0) is 0 Å². The highest BCUT2D eigenvalue weighted by molar-refractivity contribution is 5.93. The van der Waals surface area contributed by atoms with E-state index in [9.17, 15) is 18.0 Å². The van der Waals surface area contributed by atoms with E-state index in [4.69, 9.17) is 9.15 Å². The normalized spacial score (nSPS) is 20.6. The van der Waals surface area contributed by atoms with Crippen LogP contribution in [0, 0.1) is 0 Å². The van der Waals surface area contributed by atoms with Crippen molar-refractivity contribution in [2.24, 2.45) is 0 Å². The number of hydrogen-bond donors (Lipinski definition) is 1. The maximum absolute atomic E-state index is 13.8. The summed E-state index contributed by atoms with van der Waals surface area (Å²) in [7, 11) is 1.61. The molecule has 11 heteroatoms. The molecule has 8 nitrogen and oxygen atoms in total. The lowest BCUT2D eigenvalue weighted by Crippen LogP contribution is -2.49. The van der Waals surface area contributed by atoms with Crippen molar-refractivity contribution in [2.45, 2.75) is 24.7 Å². The number of nitrogens with one attached hydrogen (secondary N) is 1. The molecule has 4 heterocycles. The zero-order valence-corrected chi connectivity index (χ0v) is 18.5. The van der Waals surface area contributed by atoms with Crippen LogP contribution in [0.5, 0.6) is 5.75 Å². The lowest BCUT2D eigenvalue weighted by Gasteiger charge is -2.35. The first-order valence-corrected chi connectivity index (χ1v) is 11.0. The van der Waals surface area contributed by atoms with Gasteiger partial charge in [0.15, 0.2) is 11.7 Å². The molecule has 2 aromatic heterocycles. The largest absolute Gasteiger partial charge is 0.497 e. The van der Waals surface area contributed by atoms with Gasteiger partial charge < -0.3 is 24.3 Å². The highest BCUT2D eigenvalue weighted by Crippen LogP contribution is 2.43. The van der Waals surface area contributed by atoms with Crippen molar-refractivity contribution in [3.05, 3.63) is 60.2 Å². The number of amides is 1. The van der Waals surface area contributed by atoms with E-state index in [1.165, 1.54) is 12.3 Å². The molecular formula is C23H24F3N5O3. The molecule has 1 saturated heterocycles. The van der Waals surface area contributed by atoms with Gasteiger partial charge in [-0.2, -0.15) is 18.3 Å². The molecule has 0 aliphatic carbocycles. The van der Waals surface area contributed by atoms with E-state index in [0.717, 1.165) is 16.1 Å². The zero-order chi connectivity index (χ0) is 23.9. The van der Waals surface area contributed by atoms with Crippen LogP contribution in [0.4, 0.5) is 24.7 Å². The number of ether oxygens (including phenoxy) is 1. The minimum absolute atomic E-state index is 0.00487. The molecule has 2 aliphatic rings. The number of nitrogens with zero attached hydrogens (tertiary/aromatic N) is 4. The Labute approximate surface area is 193 Å². The van der Waals surface area contributed by atoms with Gasteiger partial charge >= 0.3 is 6.18 Å². The summed E-state index contributed by atoms with van der Waals surface area (Å²) in [5.74, 6) is 0.939. The number of aromatic nitrogens is 2. The predicted octanol–water partition coefficient (Wildman–Crippen LogP) is 4.11. The fraction of sp³-hybridized carbons (Fsp3) is 0.391. The minimum atomic E-state index is -4.52. The van der Waals surface area contributed by atoms with Gasteiger partial charge in [-0.1, -0.05) is 0 Å². The van der Waals surface area contributed by atoms with Crippen molar-refractivity contribution in [1.29, 1.82) is 0 Å². The average molecular weight is 475 g/mol. The summed E-state index contributed by atoms with van der Waals surface area (Å²) in [4.78, 5) is 16.9. The summed E-state index contributed by atoms with van der Waals surface area (Å²) in [5, 5.41) is 7.11. The van der Waals surface area contributed by atoms with E-state index in [1.807, 2.05) is 24.3 Å². The monoisotopic (exact) mass is 475 g/mol. The molecule has 1 aromatic carbocycles. The topological polar surface area (TPSA) is 75.8 Å². The van der Waals surface area contributed by atoms with Gasteiger partial charge in [-0.3, -0.25) is 4.79 Å². The quantitative estimate of drug-likeness (QED) is 0.612. The first kappa shape index (κ1) is 22.2. The summed E-state index contributed by atoms with van der Waals surface area (Å²) in [6, 6.07) is 9.81. The Morgan fingerprint density at radius 2 is 1.88 bits per heavy atom. The Balaban J connectivity index is 1.31. The van der Waals surface area contributed by atoms with E-state index in [-0.39, 0.29) is 23.8 Å². The van der Waals surface area contributed by atoms with Gasteiger partial charge in [-0.25, -0.2) is 4.68 Å². The number of piperazine rings is 1. The number of anilines is 2. The molecule has 5 rings (SSSR count). The van der Waals surface area contributed by atoms with Crippen molar-refractivity contribution in [3.63, 3.8) is 0 Å². The third-order valence-electron chi connectivity index (χ3n) is 6.30. The third-order valence-corrected chi connectivity index (χ3v) is 6.30. The summed E-state index contributed by atoms with van der Waals surface area (Å²) in [6.45, 7) is 2.10. The maximum Gasteiger partial charge on any atom is 0.410 e. The van der Waals surface area contributed by atoms with Gasteiger partial charge in [0.2, 0.25) is 0 Å². The standard InChI is InChI=1S/C23H24F3N5O3/c1-33-16-6-4-15(5-7-16)29-8-10-30(11-9-29)22(32)18-14-21-27-17(19-3-2-12-34-19)13-20(23(24,25)26)31(21)28-18/h2-7,12,14,17,20,27H,8-11,13H2,1H3/t17-,20-/m0/s1. The molecule has 0 radical (unpaired) electrons. The average Bonchev–Trinajstić information content (AvgIpc) is 3.53. The number of furan rings is 1. The second-order valence-corrected chi connectivity index (χ2v) is 8.34. The number of fused-ring (bicyclic) bond motifs is 1. The van der Waals surface area contributed by atoms with Crippen LogP contribution in [0.3, 0.4) is 0 Å². The summed E-state index contributed by atoms with van der Waals surface area (Å²) < 4.78 is 52.8. The van der Waals surface area contributed by atoms with Crippen LogP contribution in [0.1, 0.15) is 34.8 Å². The van der Waals surface area contributed by atoms with Crippen LogP contribution in [0.2, 0.25) is 0 Å². The number of hydrogen-bond acceptors (Lipinski definition) is 6. The molecule has 3 aromatic rings. The maximum atomic E-state index is 13.8. The van der Waals surface area contributed by atoms with Crippen molar-refractivity contribution >= 4 is 17.4 Å². The van der Waals surface area contributed by atoms with Crippen molar-refractivity contribution in [2.75, 3.05) is 43.5 Å². The highest BCUT2D eigenvalue weighted by atomic mass is 19.4. The number of benzene rings is 1. The van der Waals surface area contributed by atoms with Gasteiger partial charge in [0, 0.05) is 44.4 Å². The predicted molar refractivity (Wildman–Crippen MR) is 118 cm³/mol. The number of halogens is 3. The van der Waals surface area contributed by atoms with Gasteiger partial charge in [0.25, 0.3) is 5.91 Å². The first-order valence-electron chi connectivity index (χ1n) is 11.0. The van der Waals surface area contributed by atoms with E-state index in [1.54, 1.807) is 24.1 Å². The summed E-state index contributed by atoms with van der Waals surface area (Å²) >= 11 is 0. The highest BCUT2D eigenvalue weighted by Gasteiger charge is 2.47. The molecular weight excluding hydrogens is 451 g/mol. The zero-order valence-electron chi connectivity index (χ0n) is 18.5. The lowest BCUT2D eigenvalue weighted by molar-refractivity contribution is -0.174. The molecule has 34 heavy (non-hydrogen) atoms. The second-order valence-electron chi connectivity index (χ2n) is 8.34. The lowest BCUT2D eigenvalue weighted by atomic mass is 10.0. The molecule has 0 unspecified atom stereocenters. The van der Waals surface area contributed by atoms with Crippen LogP contribution in [0.15, 0.2) is 53.1 Å². The number of carbonyl (C=O) groups is 1. The van der Waals surface area contributed by atoms with Gasteiger partial charge in [0.1, 0.15) is 17.3 Å². The Morgan fingerprint density at radius 3 is 2.50 bits per heavy atom. The molecule has 1 amide bonds. The fourth-order valence-corrected chi connectivity index (χ4v) is 4.48. The van der Waals surface area contributed by atoms with Crippen LogP contribution in [0.25, 0.3) is 0 Å².